The average molecular weight is 327 g/mol. The molecule has 0 radical (unpaired) electrons. The molecule has 0 unspecified atom stereocenters. The molecule has 4 aliphatic rings. The molecule has 4 rings (SSSR count). The Bertz CT molecular complexity index is 573. The molecule has 0 aromatic carbocycles. The highest BCUT2D eigenvalue weighted by atomic mass is 16.1. The van der Waals surface area contributed by atoms with E-state index in [0.29, 0.717) is 16.6 Å². The number of fused-ring (bicyclic) bond motifs is 5. The number of ketones is 1. The fourth-order valence-corrected chi connectivity index (χ4v) is 7.46. The largest absolute Gasteiger partial charge is 0.295 e. The Morgan fingerprint density at radius 1 is 1.12 bits per heavy atom. The molecule has 0 spiro atoms. The van der Waals surface area contributed by atoms with Gasteiger partial charge >= 0.3 is 0 Å². The third-order valence-electron chi connectivity index (χ3n) is 8.88. The van der Waals surface area contributed by atoms with E-state index < -0.39 is 0 Å². The predicted molar refractivity (Wildman–Crippen MR) is 99.6 cm³/mol. The van der Waals surface area contributed by atoms with Crippen LogP contribution < -0.4 is 0 Å². The van der Waals surface area contributed by atoms with Crippen LogP contribution in [0.3, 0.4) is 0 Å². The lowest BCUT2D eigenvalue weighted by atomic mass is 9.46. The minimum Gasteiger partial charge on any atom is -0.295 e. The summed E-state index contributed by atoms with van der Waals surface area (Å²) >= 11 is 0. The molecule has 0 aromatic rings. The molecule has 3 fully saturated rings. The summed E-state index contributed by atoms with van der Waals surface area (Å²) in [6.45, 7) is 9.05. The summed E-state index contributed by atoms with van der Waals surface area (Å²) in [4.78, 5) is 11.9. The molecule has 132 valence electrons. The van der Waals surface area contributed by atoms with Crippen molar-refractivity contribution in [1.29, 1.82) is 0 Å². The lowest BCUT2D eigenvalue weighted by Crippen LogP contribution is -2.50. The minimum atomic E-state index is 0.331. The lowest BCUT2D eigenvalue weighted by Gasteiger charge is -2.58. The number of hydrogen-bond donors (Lipinski definition) is 0. The van der Waals surface area contributed by atoms with E-state index in [4.69, 9.17) is 0 Å². The second kappa shape index (κ2) is 5.85. The molecule has 0 aromatic heterocycles. The SMILES string of the molecule is C=CCC[C@H]1CC[C@H]2[C@@H]3CCC4=CC(=O)CC[C@]4(C)[C@H]3CC[C@]12C. The first-order valence-electron chi connectivity index (χ1n) is 10.3. The van der Waals surface area contributed by atoms with Crippen LogP contribution in [0.4, 0.5) is 0 Å². The molecule has 0 aliphatic heterocycles. The van der Waals surface area contributed by atoms with Gasteiger partial charge in [-0.25, -0.2) is 0 Å². The van der Waals surface area contributed by atoms with Crippen molar-refractivity contribution >= 4 is 5.78 Å². The van der Waals surface area contributed by atoms with E-state index in [1.54, 1.807) is 0 Å². The molecule has 6 atom stereocenters. The van der Waals surface area contributed by atoms with Crippen LogP contribution in [0.1, 0.15) is 78.1 Å². The Morgan fingerprint density at radius 3 is 2.75 bits per heavy atom. The van der Waals surface area contributed by atoms with E-state index in [1.165, 1.54) is 56.9 Å². The summed E-state index contributed by atoms with van der Waals surface area (Å²) < 4.78 is 0. The zero-order chi connectivity index (χ0) is 16.9. The first-order chi connectivity index (χ1) is 11.5. The fourth-order valence-electron chi connectivity index (χ4n) is 7.46. The van der Waals surface area contributed by atoms with Crippen molar-refractivity contribution in [2.45, 2.75) is 78.1 Å². The summed E-state index contributed by atoms with van der Waals surface area (Å²) in [7, 11) is 0. The normalized spacial score (nSPS) is 47.4. The number of rotatable bonds is 3. The standard InChI is InChI=1S/C23H34O/c1-4-5-6-16-8-10-20-19-9-7-17-15-18(24)11-13-23(17,3)21(19)12-14-22(16,20)2/h4,15-16,19-21H,1,5-14H2,2-3H3/t16-,19-,20-,21-,22+,23-/m0/s1. The van der Waals surface area contributed by atoms with E-state index in [1.807, 2.05) is 6.08 Å². The monoisotopic (exact) mass is 326 g/mol. The van der Waals surface area contributed by atoms with Crippen molar-refractivity contribution in [2.75, 3.05) is 0 Å². The molecule has 0 heterocycles. The van der Waals surface area contributed by atoms with Crippen LogP contribution in [-0.2, 0) is 4.79 Å². The predicted octanol–water partition coefficient (Wildman–Crippen LogP) is 6.10. The van der Waals surface area contributed by atoms with Crippen molar-refractivity contribution in [3.63, 3.8) is 0 Å². The maximum absolute atomic E-state index is 11.9. The summed E-state index contributed by atoms with van der Waals surface area (Å²) in [6.07, 6.45) is 16.8. The number of allylic oxidation sites excluding steroid dienone is 2. The van der Waals surface area contributed by atoms with Crippen molar-refractivity contribution in [3.8, 4) is 0 Å². The average Bonchev–Trinajstić information content (AvgIpc) is 2.90. The highest BCUT2D eigenvalue weighted by Crippen LogP contribution is 2.67. The van der Waals surface area contributed by atoms with Crippen LogP contribution in [0.2, 0.25) is 0 Å². The molecule has 4 aliphatic carbocycles. The fraction of sp³-hybridized carbons (Fsp3) is 0.783. The van der Waals surface area contributed by atoms with Crippen molar-refractivity contribution in [3.05, 3.63) is 24.3 Å². The van der Waals surface area contributed by atoms with Gasteiger partial charge in [0.1, 0.15) is 0 Å². The first-order valence-corrected chi connectivity index (χ1v) is 10.3. The first kappa shape index (κ1) is 16.6. The Kier molecular flexibility index (Phi) is 4.05. The van der Waals surface area contributed by atoms with Crippen LogP contribution >= 0.6 is 0 Å². The van der Waals surface area contributed by atoms with Gasteiger partial charge in [-0.05, 0) is 98.4 Å². The van der Waals surface area contributed by atoms with E-state index in [2.05, 4.69) is 26.5 Å². The molecule has 3 saturated carbocycles. The molecular formula is C23H34O. The molecule has 1 heteroatoms. The second-order valence-corrected chi connectivity index (χ2v) is 9.65. The van der Waals surface area contributed by atoms with Crippen LogP contribution in [-0.4, -0.2) is 5.78 Å². The quantitative estimate of drug-likeness (QED) is 0.573. The third-order valence-corrected chi connectivity index (χ3v) is 8.88. The van der Waals surface area contributed by atoms with Gasteiger partial charge in [0, 0.05) is 6.42 Å². The molecule has 0 saturated heterocycles. The van der Waals surface area contributed by atoms with Gasteiger partial charge in [-0.1, -0.05) is 25.5 Å². The van der Waals surface area contributed by atoms with Crippen molar-refractivity contribution in [1.82, 2.24) is 0 Å². The number of carbonyl (C=O) groups excluding carboxylic acids is 1. The number of hydrogen-bond acceptors (Lipinski definition) is 1. The maximum atomic E-state index is 11.9. The maximum Gasteiger partial charge on any atom is 0.155 e. The Morgan fingerprint density at radius 2 is 1.96 bits per heavy atom. The summed E-state index contributed by atoms with van der Waals surface area (Å²) in [5.41, 5.74) is 2.41. The van der Waals surface area contributed by atoms with E-state index >= 15 is 0 Å². The Hall–Kier alpha value is -0.850. The molecule has 0 N–H and O–H groups in total. The summed E-state index contributed by atoms with van der Waals surface area (Å²) in [6, 6.07) is 0. The minimum absolute atomic E-state index is 0.331. The number of carbonyl (C=O) groups is 1. The molecular weight excluding hydrogens is 292 g/mol. The zero-order valence-electron chi connectivity index (χ0n) is 15.7. The summed E-state index contributed by atoms with van der Waals surface area (Å²) in [5, 5.41) is 0. The highest BCUT2D eigenvalue weighted by Gasteiger charge is 2.58. The van der Waals surface area contributed by atoms with Crippen LogP contribution in [0.15, 0.2) is 24.3 Å². The topological polar surface area (TPSA) is 17.1 Å². The van der Waals surface area contributed by atoms with Crippen LogP contribution in [0.25, 0.3) is 0 Å². The molecule has 24 heavy (non-hydrogen) atoms. The van der Waals surface area contributed by atoms with E-state index in [0.717, 1.165) is 36.5 Å². The molecule has 0 bridgehead atoms. The van der Waals surface area contributed by atoms with Crippen molar-refractivity contribution < 1.29 is 4.79 Å². The zero-order valence-corrected chi connectivity index (χ0v) is 15.7. The van der Waals surface area contributed by atoms with Gasteiger partial charge in [0.15, 0.2) is 5.78 Å². The van der Waals surface area contributed by atoms with Crippen molar-refractivity contribution in [2.24, 2.45) is 34.5 Å². The van der Waals surface area contributed by atoms with Gasteiger partial charge in [0.2, 0.25) is 0 Å². The summed E-state index contributed by atoms with van der Waals surface area (Å²) in [5.74, 6) is 3.97. The Labute approximate surface area is 148 Å². The smallest absolute Gasteiger partial charge is 0.155 e. The Balaban J connectivity index is 1.60. The highest BCUT2D eigenvalue weighted by molar-refractivity contribution is 5.91. The van der Waals surface area contributed by atoms with Gasteiger partial charge in [0.05, 0.1) is 0 Å². The van der Waals surface area contributed by atoms with E-state index in [-0.39, 0.29) is 0 Å². The van der Waals surface area contributed by atoms with Gasteiger partial charge in [-0.3, -0.25) is 4.79 Å². The van der Waals surface area contributed by atoms with Gasteiger partial charge < -0.3 is 0 Å². The third kappa shape index (κ3) is 2.30. The molecule has 0 amide bonds. The van der Waals surface area contributed by atoms with Gasteiger partial charge in [-0.2, -0.15) is 0 Å². The van der Waals surface area contributed by atoms with Gasteiger partial charge in [-0.15, -0.1) is 6.58 Å². The lowest BCUT2D eigenvalue weighted by molar-refractivity contribution is -0.117. The van der Waals surface area contributed by atoms with Crippen LogP contribution in [0.5, 0.6) is 0 Å². The van der Waals surface area contributed by atoms with Gasteiger partial charge in [0.25, 0.3) is 0 Å². The molecule has 1 nitrogen and oxygen atoms in total. The van der Waals surface area contributed by atoms with E-state index in [9.17, 15) is 4.79 Å². The second-order valence-electron chi connectivity index (χ2n) is 9.65. The van der Waals surface area contributed by atoms with Crippen LogP contribution in [0, 0.1) is 34.5 Å².